The summed E-state index contributed by atoms with van der Waals surface area (Å²) in [6, 6.07) is 10.3. The Labute approximate surface area is 111 Å². The van der Waals surface area contributed by atoms with Gasteiger partial charge in [-0.1, -0.05) is 32.0 Å². The SMILES string of the molecule is CCC(=O)O.CCC(=O)O.c1ccc2[nH]ccc2c1. The van der Waals surface area contributed by atoms with Crippen LogP contribution in [0.15, 0.2) is 36.5 Å². The van der Waals surface area contributed by atoms with Crippen molar-refractivity contribution >= 4 is 22.8 Å². The molecule has 1 aromatic heterocycles. The molecule has 19 heavy (non-hydrogen) atoms. The lowest BCUT2D eigenvalue weighted by molar-refractivity contribution is -0.137. The first-order chi connectivity index (χ1) is 9.01. The van der Waals surface area contributed by atoms with E-state index in [-0.39, 0.29) is 12.8 Å². The highest BCUT2D eigenvalue weighted by molar-refractivity contribution is 5.78. The van der Waals surface area contributed by atoms with E-state index in [1.165, 1.54) is 10.9 Å². The van der Waals surface area contributed by atoms with Crippen molar-refractivity contribution in [3.05, 3.63) is 36.5 Å². The van der Waals surface area contributed by atoms with E-state index in [1.807, 2.05) is 18.3 Å². The molecule has 0 saturated carbocycles. The van der Waals surface area contributed by atoms with Crippen LogP contribution in [0, 0.1) is 0 Å². The minimum Gasteiger partial charge on any atom is -0.481 e. The fraction of sp³-hybridized carbons (Fsp3) is 0.286. The molecule has 0 radical (unpaired) electrons. The monoisotopic (exact) mass is 265 g/mol. The van der Waals surface area contributed by atoms with Gasteiger partial charge in [0.1, 0.15) is 0 Å². The molecule has 0 saturated heterocycles. The number of hydrogen-bond acceptors (Lipinski definition) is 2. The van der Waals surface area contributed by atoms with Gasteiger partial charge in [-0.05, 0) is 17.5 Å². The zero-order valence-corrected chi connectivity index (χ0v) is 11.1. The van der Waals surface area contributed by atoms with Crippen LogP contribution < -0.4 is 0 Å². The summed E-state index contributed by atoms with van der Waals surface area (Å²) in [4.78, 5) is 21.9. The van der Waals surface area contributed by atoms with Crippen LogP contribution in [-0.4, -0.2) is 27.1 Å². The molecule has 0 aliphatic heterocycles. The molecule has 0 atom stereocenters. The van der Waals surface area contributed by atoms with Crippen LogP contribution in [0.5, 0.6) is 0 Å². The van der Waals surface area contributed by atoms with Crippen LogP contribution in [0.3, 0.4) is 0 Å². The molecule has 104 valence electrons. The Morgan fingerprint density at radius 2 is 1.47 bits per heavy atom. The molecule has 1 heterocycles. The first kappa shape index (κ1) is 16.7. The number of nitrogens with one attached hydrogen (secondary N) is 1. The summed E-state index contributed by atoms with van der Waals surface area (Å²) >= 11 is 0. The molecular formula is C14H19NO4. The topological polar surface area (TPSA) is 90.4 Å². The number of rotatable bonds is 2. The Balaban J connectivity index is 0.000000283. The number of hydrogen-bond donors (Lipinski definition) is 3. The van der Waals surface area contributed by atoms with Gasteiger partial charge in [0.15, 0.2) is 0 Å². The van der Waals surface area contributed by atoms with E-state index in [9.17, 15) is 9.59 Å². The van der Waals surface area contributed by atoms with E-state index < -0.39 is 11.9 Å². The molecule has 2 rings (SSSR count). The second kappa shape index (κ2) is 9.70. The fourth-order valence-corrected chi connectivity index (χ4v) is 0.995. The lowest BCUT2D eigenvalue weighted by atomic mass is 10.3. The van der Waals surface area contributed by atoms with Crippen molar-refractivity contribution in [2.24, 2.45) is 0 Å². The molecule has 0 aliphatic carbocycles. The molecule has 0 unspecified atom stereocenters. The lowest BCUT2D eigenvalue weighted by Gasteiger charge is -1.83. The molecule has 0 amide bonds. The Morgan fingerprint density at radius 1 is 1.00 bits per heavy atom. The predicted octanol–water partition coefficient (Wildman–Crippen LogP) is 3.13. The van der Waals surface area contributed by atoms with Crippen molar-refractivity contribution < 1.29 is 19.8 Å². The third-order valence-electron chi connectivity index (χ3n) is 2.07. The third-order valence-corrected chi connectivity index (χ3v) is 2.07. The van der Waals surface area contributed by atoms with E-state index in [0.29, 0.717) is 0 Å². The van der Waals surface area contributed by atoms with Crippen LogP contribution in [0.25, 0.3) is 10.9 Å². The molecular weight excluding hydrogens is 246 g/mol. The van der Waals surface area contributed by atoms with Gasteiger partial charge in [0, 0.05) is 24.6 Å². The van der Waals surface area contributed by atoms with Gasteiger partial charge >= 0.3 is 11.9 Å². The number of carbonyl (C=O) groups is 2. The van der Waals surface area contributed by atoms with Crippen LogP contribution in [0.1, 0.15) is 26.7 Å². The van der Waals surface area contributed by atoms with E-state index >= 15 is 0 Å². The average molecular weight is 265 g/mol. The molecule has 0 aliphatic rings. The van der Waals surface area contributed by atoms with E-state index in [2.05, 4.69) is 23.2 Å². The normalized spacial score (nSPS) is 8.74. The number of para-hydroxylation sites is 1. The maximum atomic E-state index is 9.37. The smallest absolute Gasteiger partial charge is 0.303 e. The van der Waals surface area contributed by atoms with Crippen LogP contribution >= 0.6 is 0 Å². The van der Waals surface area contributed by atoms with Crippen LogP contribution in [-0.2, 0) is 9.59 Å². The molecule has 0 fully saturated rings. The molecule has 2 aromatic rings. The van der Waals surface area contributed by atoms with Crippen molar-refractivity contribution in [1.82, 2.24) is 4.98 Å². The van der Waals surface area contributed by atoms with E-state index in [4.69, 9.17) is 10.2 Å². The number of aliphatic carboxylic acids is 2. The average Bonchev–Trinajstić information content (AvgIpc) is 2.88. The molecule has 5 heteroatoms. The number of carboxylic acid groups (broad SMARTS) is 2. The van der Waals surface area contributed by atoms with Gasteiger partial charge in [-0.15, -0.1) is 0 Å². The third kappa shape index (κ3) is 8.43. The van der Waals surface area contributed by atoms with E-state index in [1.54, 1.807) is 13.8 Å². The Kier molecular flexibility index (Phi) is 8.53. The maximum absolute atomic E-state index is 9.37. The summed E-state index contributed by atoms with van der Waals surface area (Å²) < 4.78 is 0. The predicted molar refractivity (Wildman–Crippen MR) is 74.2 cm³/mol. The molecule has 3 N–H and O–H groups in total. The van der Waals surface area contributed by atoms with E-state index in [0.717, 1.165) is 0 Å². The molecule has 0 spiro atoms. The Morgan fingerprint density at radius 3 is 1.89 bits per heavy atom. The number of aromatic amines is 1. The first-order valence-corrected chi connectivity index (χ1v) is 5.96. The minimum atomic E-state index is -0.745. The summed E-state index contributed by atoms with van der Waals surface area (Å²) in [6.07, 6.45) is 2.39. The van der Waals surface area contributed by atoms with Crippen LogP contribution in [0.4, 0.5) is 0 Å². The van der Waals surface area contributed by atoms with Gasteiger partial charge in [0.25, 0.3) is 0 Å². The van der Waals surface area contributed by atoms with Gasteiger partial charge in [0.05, 0.1) is 0 Å². The Bertz CT molecular complexity index is 461. The van der Waals surface area contributed by atoms with Crippen molar-refractivity contribution in [3.8, 4) is 0 Å². The van der Waals surface area contributed by atoms with Crippen molar-refractivity contribution in [3.63, 3.8) is 0 Å². The second-order valence-corrected chi connectivity index (χ2v) is 3.56. The van der Waals surface area contributed by atoms with Gasteiger partial charge in [-0.25, -0.2) is 0 Å². The van der Waals surface area contributed by atoms with Gasteiger partial charge < -0.3 is 15.2 Å². The summed E-state index contributed by atoms with van der Waals surface area (Å²) in [6.45, 7) is 3.20. The summed E-state index contributed by atoms with van der Waals surface area (Å²) in [5.74, 6) is -1.49. The van der Waals surface area contributed by atoms with Gasteiger partial charge in [0.2, 0.25) is 0 Å². The van der Waals surface area contributed by atoms with Crippen LogP contribution in [0.2, 0.25) is 0 Å². The lowest BCUT2D eigenvalue weighted by Crippen LogP contribution is -1.86. The van der Waals surface area contributed by atoms with Crippen molar-refractivity contribution in [1.29, 1.82) is 0 Å². The Hall–Kier alpha value is -2.30. The van der Waals surface area contributed by atoms with Gasteiger partial charge in [-0.3, -0.25) is 9.59 Å². The summed E-state index contributed by atoms with van der Waals surface area (Å²) in [7, 11) is 0. The molecule has 5 nitrogen and oxygen atoms in total. The highest BCUT2D eigenvalue weighted by Gasteiger charge is 1.86. The number of H-pyrrole nitrogens is 1. The molecule has 0 bridgehead atoms. The summed E-state index contributed by atoms with van der Waals surface area (Å²) in [5, 5.41) is 16.7. The standard InChI is InChI=1S/C8H7N.2C3H6O2/c1-2-4-8-7(3-1)5-6-9-8;2*1-2-3(4)5/h1-6,9H;2*2H2,1H3,(H,4,5). The maximum Gasteiger partial charge on any atom is 0.303 e. The zero-order chi connectivity index (χ0) is 14.7. The highest BCUT2D eigenvalue weighted by atomic mass is 16.4. The fourth-order valence-electron chi connectivity index (χ4n) is 0.995. The van der Waals surface area contributed by atoms with Crippen molar-refractivity contribution in [2.75, 3.05) is 0 Å². The number of aromatic nitrogens is 1. The summed E-state index contributed by atoms with van der Waals surface area (Å²) in [5.41, 5.74) is 1.21. The second-order valence-electron chi connectivity index (χ2n) is 3.56. The molecule has 1 aromatic carbocycles. The van der Waals surface area contributed by atoms with Crippen molar-refractivity contribution in [2.45, 2.75) is 26.7 Å². The quantitative estimate of drug-likeness (QED) is 0.778. The number of carboxylic acids is 2. The zero-order valence-electron chi connectivity index (χ0n) is 11.1. The minimum absolute atomic E-state index is 0.222. The first-order valence-electron chi connectivity index (χ1n) is 5.96. The largest absolute Gasteiger partial charge is 0.481 e. The van der Waals surface area contributed by atoms with Gasteiger partial charge in [-0.2, -0.15) is 0 Å². The number of benzene rings is 1. The number of fused-ring (bicyclic) bond motifs is 1. The highest BCUT2D eigenvalue weighted by Crippen LogP contribution is 2.09.